The van der Waals surface area contributed by atoms with Crippen molar-refractivity contribution in [3.63, 3.8) is 0 Å². The molecule has 0 radical (unpaired) electrons. The number of carbonyl (C=O) groups is 1. The van der Waals surface area contributed by atoms with Crippen LogP contribution in [0.5, 0.6) is 5.75 Å². The maximum Gasteiger partial charge on any atom is 0.311 e. The number of carboxylic acids is 1. The molecule has 0 saturated heterocycles. The van der Waals surface area contributed by atoms with Gasteiger partial charge < -0.3 is 9.84 Å². The molecule has 4 heteroatoms. The lowest BCUT2D eigenvalue weighted by Gasteiger charge is -2.14. The second-order valence-corrected chi connectivity index (χ2v) is 5.81. The minimum atomic E-state index is -0.821. The number of hydrogen-bond acceptors (Lipinski definition) is 2. The standard InChI is InChI=1S/C17H17BrO3/c1-12-2-4-13(5-3-12)16(17(19)20)10-11-21-15-8-6-14(18)7-9-15/h2-9,16H,10-11H2,1H3,(H,19,20). The third kappa shape index (κ3) is 4.60. The molecule has 0 aliphatic rings. The SMILES string of the molecule is Cc1ccc(C(CCOc2ccc(Br)cc2)C(=O)O)cc1. The molecule has 2 aromatic rings. The first kappa shape index (κ1) is 15.6. The van der Waals surface area contributed by atoms with Crippen molar-refractivity contribution in [2.45, 2.75) is 19.3 Å². The average molecular weight is 349 g/mol. The number of aliphatic carboxylic acids is 1. The fourth-order valence-corrected chi connectivity index (χ4v) is 2.32. The van der Waals surface area contributed by atoms with Crippen LogP contribution < -0.4 is 4.74 Å². The monoisotopic (exact) mass is 348 g/mol. The Balaban J connectivity index is 1.96. The van der Waals surface area contributed by atoms with E-state index in [9.17, 15) is 9.90 Å². The topological polar surface area (TPSA) is 46.5 Å². The van der Waals surface area contributed by atoms with Crippen molar-refractivity contribution in [1.29, 1.82) is 0 Å². The Morgan fingerprint density at radius 2 is 1.76 bits per heavy atom. The molecule has 0 heterocycles. The lowest BCUT2D eigenvalue weighted by molar-refractivity contribution is -0.139. The number of carboxylic acid groups (broad SMARTS) is 1. The van der Waals surface area contributed by atoms with Crippen LogP contribution in [0.2, 0.25) is 0 Å². The van der Waals surface area contributed by atoms with Gasteiger partial charge in [-0.1, -0.05) is 45.8 Å². The van der Waals surface area contributed by atoms with Gasteiger partial charge in [0.1, 0.15) is 5.75 Å². The van der Waals surface area contributed by atoms with Gasteiger partial charge in [-0.05, 0) is 43.2 Å². The molecule has 1 atom stereocenters. The highest BCUT2D eigenvalue weighted by atomic mass is 79.9. The second kappa shape index (κ2) is 7.27. The van der Waals surface area contributed by atoms with Crippen LogP contribution >= 0.6 is 15.9 Å². The Bertz CT molecular complexity index is 590. The number of hydrogen-bond donors (Lipinski definition) is 1. The van der Waals surface area contributed by atoms with Gasteiger partial charge in [0.15, 0.2) is 0 Å². The first-order chi connectivity index (χ1) is 10.1. The van der Waals surface area contributed by atoms with E-state index in [4.69, 9.17) is 4.74 Å². The Labute approximate surface area is 132 Å². The second-order valence-electron chi connectivity index (χ2n) is 4.89. The van der Waals surface area contributed by atoms with Crippen molar-refractivity contribution < 1.29 is 14.6 Å². The fraction of sp³-hybridized carbons (Fsp3) is 0.235. The molecule has 0 saturated carbocycles. The van der Waals surface area contributed by atoms with Crippen LogP contribution in [-0.4, -0.2) is 17.7 Å². The molecule has 0 fully saturated rings. The van der Waals surface area contributed by atoms with Crippen molar-refractivity contribution in [3.05, 3.63) is 64.1 Å². The lowest BCUT2D eigenvalue weighted by atomic mass is 9.95. The van der Waals surface area contributed by atoms with Gasteiger partial charge in [0.25, 0.3) is 0 Å². The van der Waals surface area contributed by atoms with Gasteiger partial charge in [-0.25, -0.2) is 0 Å². The average Bonchev–Trinajstić information content (AvgIpc) is 2.46. The van der Waals surface area contributed by atoms with Crippen molar-refractivity contribution >= 4 is 21.9 Å². The molecule has 110 valence electrons. The van der Waals surface area contributed by atoms with Gasteiger partial charge in [-0.15, -0.1) is 0 Å². The molecule has 0 aliphatic carbocycles. The first-order valence-corrected chi connectivity index (χ1v) is 7.53. The molecule has 1 N–H and O–H groups in total. The van der Waals surface area contributed by atoms with E-state index in [-0.39, 0.29) is 0 Å². The summed E-state index contributed by atoms with van der Waals surface area (Å²) < 4.78 is 6.59. The molecular weight excluding hydrogens is 332 g/mol. The largest absolute Gasteiger partial charge is 0.494 e. The highest BCUT2D eigenvalue weighted by molar-refractivity contribution is 9.10. The Morgan fingerprint density at radius 1 is 1.14 bits per heavy atom. The van der Waals surface area contributed by atoms with Crippen molar-refractivity contribution in [3.8, 4) is 5.75 Å². The quantitative estimate of drug-likeness (QED) is 0.841. The fourth-order valence-electron chi connectivity index (χ4n) is 2.06. The molecule has 2 rings (SSSR count). The molecule has 3 nitrogen and oxygen atoms in total. The van der Waals surface area contributed by atoms with Crippen molar-refractivity contribution in [2.75, 3.05) is 6.61 Å². The first-order valence-electron chi connectivity index (χ1n) is 6.74. The van der Waals surface area contributed by atoms with E-state index in [1.54, 1.807) is 0 Å². The van der Waals surface area contributed by atoms with E-state index < -0.39 is 11.9 Å². The van der Waals surface area contributed by atoms with Gasteiger partial charge in [-0.2, -0.15) is 0 Å². The molecule has 0 aromatic heterocycles. The lowest BCUT2D eigenvalue weighted by Crippen LogP contribution is -2.15. The minimum Gasteiger partial charge on any atom is -0.494 e. The van der Waals surface area contributed by atoms with E-state index in [1.807, 2.05) is 55.5 Å². The van der Waals surface area contributed by atoms with Crippen molar-refractivity contribution in [1.82, 2.24) is 0 Å². The third-order valence-electron chi connectivity index (χ3n) is 3.27. The predicted octanol–water partition coefficient (Wildman–Crippen LogP) is 4.39. The van der Waals surface area contributed by atoms with E-state index in [1.165, 1.54) is 0 Å². The van der Waals surface area contributed by atoms with Crippen LogP contribution in [0.3, 0.4) is 0 Å². The molecule has 0 bridgehead atoms. The summed E-state index contributed by atoms with van der Waals surface area (Å²) in [7, 11) is 0. The van der Waals surface area contributed by atoms with Crippen LogP contribution in [0.4, 0.5) is 0 Å². The van der Waals surface area contributed by atoms with Crippen molar-refractivity contribution in [2.24, 2.45) is 0 Å². The predicted molar refractivity (Wildman–Crippen MR) is 85.8 cm³/mol. The summed E-state index contributed by atoms with van der Waals surface area (Å²) in [6.45, 7) is 2.35. The third-order valence-corrected chi connectivity index (χ3v) is 3.80. The maximum atomic E-state index is 11.4. The van der Waals surface area contributed by atoms with Crippen LogP contribution in [0.25, 0.3) is 0 Å². The normalized spacial score (nSPS) is 11.9. The zero-order valence-corrected chi connectivity index (χ0v) is 13.3. The Kier molecular flexibility index (Phi) is 5.39. The molecule has 21 heavy (non-hydrogen) atoms. The van der Waals surface area contributed by atoms with Crippen LogP contribution in [0.15, 0.2) is 53.0 Å². The van der Waals surface area contributed by atoms with Gasteiger partial charge in [0.2, 0.25) is 0 Å². The highest BCUT2D eigenvalue weighted by Crippen LogP contribution is 2.22. The summed E-state index contributed by atoms with van der Waals surface area (Å²) >= 11 is 3.36. The summed E-state index contributed by atoms with van der Waals surface area (Å²) in [5.41, 5.74) is 1.93. The summed E-state index contributed by atoms with van der Waals surface area (Å²) in [5.74, 6) is -0.620. The van der Waals surface area contributed by atoms with Crippen LogP contribution in [0, 0.1) is 6.92 Å². The van der Waals surface area contributed by atoms with Gasteiger partial charge in [-0.3, -0.25) is 4.79 Å². The minimum absolute atomic E-state index is 0.368. The van der Waals surface area contributed by atoms with Crippen LogP contribution in [0.1, 0.15) is 23.5 Å². The Morgan fingerprint density at radius 3 is 2.33 bits per heavy atom. The summed E-state index contributed by atoms with van der Waals surface area (Å²) in [5, 5.41) is 9.37. The van der Waals surface area contributed by atoms with Gasteiger partial charge >= 0.3 is 5.97 Å². The molecule has 1 unspecified atom stereocenters. The highest BCUT2D eigenvalue weighted by Gasteiger charge is 2.19. The molecule has 2 aromatic carbocycles. The van der Waals surface area contributed by atoms with E-state index >= 15 is 0 Å². The number of benzene rings is 2. The summed E-state index contributed by atoms with van der Waals surface area (Å²) in [4.78, 5) is 11.4. The molecular formula is C17H17BrO3. The zero-order chi connectivity index (χ0) is 15.2. The molecule has 0 amide bonds. The van der Waals surface area contributed by atoms with E-state index in [0.717, 1.165) is 21.3 Å². The summed E-state index contributed by atoms with van der Waals surface area (Å²) in [6.07, 6.45) is 0.439. The number of ether oxygens (including phenoxy) is 1. The number of rotatable bonds is 6. The molecule has 0 spiro atoms. The zero-order valence-electron chi connectivity index (χ0n) is 11.8. The smallest absolute Gasteiger partial charge is 0.311 e. The number of aryl methyl sites for hydroxylation is 1. The Hall–Kier alpha value is -1.81. The van der Waals surface area contributed by atoms with E-state index in [2.05, 4.69) is 15.9 Å². The summed E-state index contributed by atoms with van der Waals surface area (Å²) in [6, 6.07) is 15.1. The maximum absolute atomic E-state index is 11.4. The van der Waals surface area contributed by atoms with Gasteiger partial charge in [0.05, 0.1) is 12.5 Å². The molecule has 0 aliphatic heterocycles. The van der Waals surface area contributed by atoms with Crippen LogP contribution in [-0.2, 0) is 4.79 Å². The number of halogens is 1. The van der Waals surface area contributed by atoms with Gasteiger partial charge in [0, 0.05) is 4.47 Å². The van der Waals surface area contributed by atoms with E-state index in [0.29, 0.717) is 13.0 Å².